The molecule has 5 heterocycles. The number of anilines is 12. The van der Waals surface area contributed by atoms with Gasteiger partial charge in [-0.3, -0.25) is 0 Å². The van der Waals surface area contributed by atoms with E-state index < -0.39 is 5.41 Å². The van der Waals surface area contributed by atoms with Gasteiger partial charge in [0.05, 0.1) is 34.1 Å². The van der Waals surface area contributed by atoms with E-state index in [0.29, 0.717) is 0 Å². The summed E-state index contributed by atoms with van der Waals surface area (Å²) in [5, 5.41) is 0. The van der Waals surface area contributed by atoms with Crippen molar-refractivity contribution in [3.8, 4) is 67.1 Å². The first kappa shape index (κ1) is 69.5. The van der Waals surface area contributed by atoms with Crippen molar-refractivity contribution < 1.29 is 4.74 Å². The van der Waals surface area contributed by atoms with Gasteiger partial charge in [-0.25, -0.2) is 0 Å². The van der Waals surface area contributed by atoms with Crippen LogP contribution in [0.25, 0.3) is 55.6 Å². The van der Waals surface area contributed by atoms with Crippen LogP contribution in [0.3, 0.4) is 0 Å². The first-order chi connectivity index (χ1) is 54.6. The van der Waals surface area contributed by atoms with Crippen LogP contribution < -0.4 is 40.7 Å². The molecule has 0 amide bonds. The lowest BCUT2D eigenvalue weighted by Crippen LogP contribution is -2.61. The van der Waals surface area contributed by atoms with Crippen molar-refractivity contribution in [2.75, 3.05) is 19.6 Å². The predicted octanol–water partition coefficient (Wildman–Crippen LogP) is 27.3. The maximum absolute atomic E-state index is 6.99. The molecule has 0 atom stereocenters. The highest BCUT2D eigenvalue weighted by atomic mass is 16.5. The van der Waals surface area contributed by atoms with E-state index >= 15 is 0 Å². The lowest BCUT2D eigenvalue weighted by Gasteiger charge is -2.47. The lowest BCUT2D eigenvalue weighted by molar-refractivity contribution is 0.418. The molecule has 113 heavy (non-hydrogen) atoms. The number of hydrogen-bond donors (Lipinski definition) is 0. The Bertz CT molecular complexity index is 5810. The largest absolute Gasteiger partial charge is 0.457 e. The van der Waals surface area contributed by atoms with Gasteiger partial charge < -0.3 is 24.3 Å². The van der Waals surface area contributed by atoms with Crippen molar-refractivity contribution in [3.05, 3.63) is 378 Å². The summed E-state index contributed by atoms with van der Waals surface area (Å²) >= 11 is 0. The molecule has 0 saturated carbocycles. The van der Waals surface area contributed by atoms with Crippen LogP contribution in [0.15, 0.2) is 334 Å². The molecule has 20 rings (SSSR count). The molecule has 548 valence electrons. The van der Waals surface area contributed by atoms with Gasteiger partial charge in [-0.2, -0.15) is 0 Å². The number of fused-ring (bicyclic) bond motifs is 10. The summed E-state index contributed by atoms with van der Waals surface area (Å²) in [4.78, 5) is 10.6. The second-order valence-corrected chi connectivity index (χ2v) is 35.2. The normalized spacial score (nSPS) is 14.9. The molecule has 5 aliphatic heterocycles. The highest BCUT2D eigenvalue weighted by Crippen LogP contribution is 2.60. The Morgan fingerprint density at radius 1 is 0.248 bits per heavy atom. The van der Waals surface area contributed by atoms with Crippen molar-refractivity contribution in [1.29, 1.82) is 0 Å². The smallest absolute Gasteiger partial charge is 0.252 e. The summed E-state index contributed by atoms with van der Waals surface area (Å²) in [6.07, 6.45) is 0. The zero-order chi connectivity index (χ0) is 77.2. The van der Waals surface area contributed by atoms with Crippen molar-refractivity contribution >= 4 is 91.3 Å². The van der Waals surface area contributed by atoms with Crippen LogP contribution in [0.4, 0.5) is 68.2 Å². The molecule has 15 aromatic carbocycles. The second kappa shape index (κ2) is 25.7. The SMILES string of the molecule is CC(C)(C)c1cc(-c2ccccc2)c(N2c3cc(N4c5ccccc5C(C)(C)c5ccccc54)ccc3B3c4ccc(N5c6ccccc6C(C)(C)c6ccccc65)cc4N(c4c(-c5ccccc5)cc(C(C)(C)C)cc4-c4ccccc4)c4cc(-c5ccc6c(c5)C(C)(C)c5ccccc5O6)cc2c43)c(-c2ccccc2)c1. The quantitative estimate of drug-likeness (QED) is 0.134. The number of para-hydroxylation sites is 5. The molecule has 5 nitrogen and oxygen atoms in total. The molecule has 0 spiro atoms. The average molecular weight is 1460 g/mol. The van der Waals surface area contributed by atoms with Crippen LogP contribution >= 0.6 is 0 Å². The van der Waals surface area contributed by atoms with Crippen LogP contribution in [0.5, 0.6) is 11.5 Å². The summed E-state index contributed by atoms with van der Waals surface area (Å²) in [6, 6.07) is 127. The van der Waals surface area contributed by atoms with Gasteiger partial charge >= 0.3 is 0 Å². The summed E-state index contributed by atoms with van der Waals surface area (Å²) in [5.74, 6) is 1.76. The topological polar surface area (TPSA) is 22.2 Å². The zero-order valence-electron chi connectivity index (χ0n) is 66.5. The van der Waals surface area contributed by atoms with Crippen LogP contribution in [-0.2, 0) is 27.1 Å². The molecule has 0 aliphatic carbocycles. The first-order valence-corrected chi connectivity index (χ1v) is 40.2. The molecular weight excluding hydrogens is 1370 g/mol. The van der Waals surface area contributed by atoms with Crippen molar-refractivity contribution in [2.45, 2.75) is 110 Å². The Hall–Kier alpha value is -12.6. The van der Waals surface area contributed by atoms with E-state index in [1.165, 1.54) is 72.5 Å². The Morgan fingerprint density at radius 2 is 0.566 bits per heavy atom. The molecule has 0 radical (unpaired) electrons. The molecule has 0 N–H and O–H groups in total. The third kappa shape index (κ3) is 10.9. The van der Waals surface area contributed by atoms with Gasteiger partial charge in [0.1, 0.15) is 11.5 Å². The van der Waals surface area contributed by atoms with Crippen molar-refractivity contribution in [3.63, 3.8) is 0 Å². The molecule has 0 unspecified atom stereocenters. The standard InChI is InChI=1S/C107H91BN4O/c1-103(2,3)74-62-78(68-35-17-13-18-36-68)101(79(63-74)69-37-19-14-20-38-69)111-94-66-76(109-90-48-30-25-43-82(90)105(7,8)83-44-26-31-49-91(83)109)54-56-88(94)108-89-57-55-77(110-92-50-32-27-45-84(92)106(9,10)85-46-28-33-51-93(85)110)67-95(89)112(102-80(70-39-21-15-22-40-70)64-75(104(4,5)6)65-81(102)71-41-23-16-24-42-71)97-61-73(60-96(111)100(97)108)72-53-58-99-87(59-72)107(11,12)86-47-29-34-52-98(86)113-99/h13-67H,1-12H3. The molecule has 0 aromatic heterocycles. The van der Waals surface area contributed by atoms with E-state index in [4.69, 9.17) is 4.74 Å². The van der Waals surface area contributed by atoms with E-state index in [1.54, 1.807) is 0 Å². The van der Waals surface area contributed by atoms with E-state index in [2.05, 4.69) is 436 Å². The molecule has 15 aromatic rings. The van der Waals surface area contributed by atoms with Crippen molar-refractivity contribution in [2.24, 2.45) is 0 Å². The minimum Gasteiger partial charge on any atom is -0.457 e. The molecule has 0 saturated heterocycles. The summed E-state index contributed by atoms with van der Waals surface area (Å²) < 4.78 is 6.99. The Balaban J connectivity index is 0.980. The van der Waals surface area contributed by atoms with E-state index in [9.17, 15) is 0 Å². The van der Waals surface area contributed by atoms with E-state index in [0.717, 1.165) is 124 Å². The highest BCUT2D eigenvalue weighted by Gasteiger charge is 2.48. The molecule has 0 fully saturated rings. The van der Waals surface area contributed by atoms with Crippen LogP contribution in [0.2, 0.25) is 0 Å². The van der Waals surface area contributed by atoms with Crippen LogP contribution in [-0.4, -0.2) is 6.71 Å². The van der Waals surface area contributed by atoms with E-state index in [1.807, 2.05) is 0 Å². The maximum atomic E-state index is 6.99. The number of nitrogens with zero attached hydrogens (tertiary/aromatic N) is 4. The van der Waals surface area contributed by atoms with Crippen molar-refractivity contribution in [1.82, 2.24) is 0 Å². The Kier molecular flexibility index (Phi) is 15.8. The molecule has 0 bridgehead atoms. The third-order valence-electron chi connectivity index (χ3n) is 25.3. The number of rotatable bonds is 9. The Morgan fingerprint density at radius 3 is 0.929 bits per heavy atom. The Labute approximate surface area is 666 Å². The molecular formula is C107H91BN4O. The lowest BCUT2D eigenvalue weighted by atomic mass is 9.33. The second-order valence-electron chi connectivity index (χ2n) is 35.2. The summed E-state index contributed by atoms with van der Waals surface area (Å²) in [7, 11) is 0. The highest BCUT2D eigenvalue weighted by molar-refractivity contribution is 7.00. The number of hydrogen-bond acceptors (Lipinski definition) is 5. The fourth-order valence-corrected chi connectivity index (χ4v) is 19.4. The summed E-state index contributed by atoms with van der Waals surface area (Å²) in [6.45, 7) is 28.1. The summed E-state index contributed by atoms with van der Waals surface area (Å²) in [5.41, 5.74) is 36.9. The van der Waals surface area contributed by atoms with Gasteiger partial charge in [0.25, 0.3) is 6.71 Å². The zero-order valence-corrected chi connectivity index (χ0v) is 66.5. The first-order valence-electron chi connectivity index (χ1n) is 40.2. The van der Waals surface area contributed by atoms with Crippen LogP contribution in [0.1, 0.15) is 128 Å². The van der Waals surface area contributed by atoms with Crippen LogP contribution in [0, 0.1) is 0 Å². The van der Waals surface area contributed by atoms with Gasteiger partial charge in [-0.15, -0.1) is 0 Å². The maximum Gasteiger partial charge on any atom is 0.252 e. The fraction of sp³-hybridized carbons (Fsp3) is 0.159. The minimum atomic E-state index is -0.410. The number of benzene rings is 15. The fourth-order valence-electron chi connectivity index (χ4n) is 19.4. The van der Waals surface area contributed by atoms with Gasteiger partial charge in [-0.05, 0) is 197 Å². The molecule has 5 aliphatic rings. The van der Waals surface area contributed by atoms with Gasteiger partial charge in [0.15, 0.2) is 0 Å². The van der Waals surface area contributed by atoms with E-state index in [-0.39, 0.29) is 28.4 Å². The van der Waals surface area contributed by atoms with Gasteiger partial charge in [-0.1, -0.05) is 314 Å². The number of ether oxygens (including phenoxy) is 1. The monoisotopic (exact) mass is 1460 g/mol. The van der Waals surface area contributed by atoms with Gasteiger partial charge in [0, 0.05) is 83.7 Å². The molecule has 6 heteroatoms. The minimum absolute atomic E-state index is 0.233. The predicted molar refractivity (Wildman–Crippen MR) is 477 cm³/mol. The average Bonchev–Trinajstić information content (AvgIpc) is 0.683. The van der Waals surface area contributed by atoms with Gasteiger partial charge in [0.2, 0.25) is 0 Å². The third-order valence-corrected chi connectivity index (χ3v) is 25.3.